The molecule has 0 saturated carbocycles. The number of hydrogen-bond acceptors (Lipinski definition) is 7. The monoisotopic (exact) mass is 363 g/mol. The minimum atomic E-state index is -0.455. The van der Waals surface area contributed by atoms with Crippen molar-refractivity contribution in [3.8, 4) is 0 Å². The second kappa shape index (κ2) is 6.30. The van der Waals surface area contributed by atoms with E-state index in [0.717, 1.165) is 12.8 Å². The number of hydrogen-bond donors (Lipinski definition) is 3. The van der Waals surface area contributed by atoms with Crippen molar-refractivity contribution in [1.29, 1.82) is 0 Å². The van der Waals surface area contributed by atoms with Crippen molar-refractivity contribution in [3.05, 3.63) is 38.3 Å². The maximum atomic E-state index is 12.3. The summed E-state index contributed by atoms with van der Waals surface area (Å²) in [6, 6.07) is 1.38. The molecule has 1 saturated heterocycles. The summed E-state index contributed by atoms with van der Waals surface area (Å²) < 4.78 is 6.97. The second-order valence-electron chi connectivity index (χ2n) is 5.63. The molecule has 0 aromatic carbocycles. The Morgan fingerprint density at radius 3 is 2.92 bits per heavy atom. The lowest BCUT2D eigenvalue weighted by Crippen LogP contribution is -2.27. The van der Waals surface area contributed by atoms with E-state index >= 15 is 0 Å². The van der Waals surface area contributed by atoms with Crippen molar-refractivity contribution in [2.75, 3.05) is 18.5 Å². The number of H-pyrrole nitrogens is 2. The first-order valence-corrected chi connectivity index (χ1v) is 8.07. The number of nitrogens with one attached hydrogen (secondary N) is 3. The predicted octanol–water partition coefficient (Wildman–Crippen LogP) is 0.951. The summed E-state index contributed by atoms with van der Waals surface area (Å²) in [6.07, 6.45) is 2.97. The van der Waals surface area contributed by atoms with Crippen LogP contribution in [0, 0.1) is 0 Å². The first-order chi connectivity index (χ1) is 12.1. The number of aromatic amines is 2. The molecule has 0 aliphatic carbocycles. The highest BCUT2D eigenvalue weighted by Crippen LogP contribution is 2.23. The molecule has 0 bridgehead atoms. The molecule has 0 unspecified atom stereocenters. The quantitative estimate of drug-likeness (QED) is 0.631. The van der Waals surface area contributed by atoms with Crippen LogP contribution in [0.25, 0.3) is 11.2 Å². The molecule has 4 rings (SSSR count). The Morgan fingerprint density at radius 2 is 2.12 bits per heavy atom. The van der Waals surface area contributed by atoms with E-state index in [4.69, 9.17) is 16.3 Å². The number of aromatic nitrogens is 6. The van der Waals surface area contributed by atoms with Crippen LogP contribution >= 0.6 is 11.6 Å². The van der Waals surface area contributed by atoms with Gasteiger partial charge < -0.3 is 15.0 Å². The van der Waals surface area contributed by atoms with Crippen LogP contribution in [0.3, 0.4) is 0 Å². The normalized spacial score (nSPS) is 15.6. The highest BCUT2D eigenvalue weighted by atomic mass is 35.5. The summed E-state index contributed by atoms with van der Waals surface area (Å²) in [6.45, 7) is 1.20. The Hall–Kier alpha value is -2.72. The van der Waals surface area contributed by atoms with Gasteiger partial charge in [-0.15, -0.1) is 0 Å². The molecule has 0 amide bonds. The topological polar surface area (TPSA) is 131 Å². The maximum Gasteiger partial charge on any atom is 0.327 e. The van der Waals surface area contributed by atoms with Gasteiger partial charge in [0.15, 0.2) is 10.8 Å². The number of imidazole rings is 1. The Balaban J connectivity index is 1.75. The van der Waals surface area contributed by atoms with E-state index in [9.17, 15) is 9.59 Å². The summed E-state index contributed by atoms with van der Waals surface area (Å²) in [4.78, 5) is 35.4. The van der Waals surface area contributed by atoms with Gasteiger partial charge in [-0.1, -0.05) is 11.6 Å². The van der Waals surface area contributed by atoms with Crippen molar-refractivity contribution in [3.63, 3.8) is 0 Å². The summed E-state index contributed by atoms with van der Waals surface area (Å²) >= 11 is 5.78. The van der Waals surface area contributed by atoms with E-state index < -0.39 is 5.56 Å². The van der Waals surface area contributed by atoms with E-state index in [1.54, 1.807) is 4.57 Å². The van der Waals surface area contributed by atoms with Crippen LogP contribution in [0.4, 0.5) is 11.6 Å². The van der Waals surface area contributed by atoms with Crippen LogP contribution in [0.15, 0.2) is 21.9 Å². The molecular formula is C14H14ClN7O3. The van der Waals surface area contributed by atoms with Crippen molar-refractivity contribution in [2.45, 2.75) is 18.9 Å². The molecular weight excluding hydrogens is 350 g/mol. The van der Waals surface area contributed by atoms with Gasteiger partial charge in [-0.25, -0.2) is 14.9 Å². The fourth-order valence-corrected chi connectivity index (χ4v) is 3.00. The fraction of sp³-hybridized carbons (Fsp3) is 0.357. The van der Waals surface area contributed by atoms with E-state index in [2.05, 4.69) is 30.5 Å². The minimum Gasteiger partial charge on any atom is -0.381 e. The van der Waals surface area contributed by atoms with Gasteiger partial charge in [-0.2, -0.15) is 10.1 Å². The first-order valence-electron chi connectivity index (χ1n) is 7.69. The molecule has 3 N–H and O–H groups in total. The molecule has 1 fully saturated rings. The Bertz CT molecular complexity index is 1030. The number of ether oxygens (including phenoxy) is 1. The van der Waals surface area contributed by atoms with Crippen LogP contribution in [-0.4, -0.2) is 42.9 Å². The van der Waals surface area contributed by atoms with E-state index in [1.165, 1.54) is 12.3 Å². The fourth-order valence-electron chi connectivity index (χ4n) is 2.85. The van der Waals surface area contributed by atoms with Gasteiger partial charge in [0.25, 0.3) is 5.56 Å². The Labute approximate surface area is 145 Å². The maximum absolute atomic E-state index is 12.3. The molecule has 0 radical (unpaired) electrons. The van der Waals surface area contributed by atoms with Gasteiger partial charge in [0.2, 0.25) is 5.95 Å². The lowest BCUT2D eigenvalue weighted by atomic mass is 10.1. The number of anilines is 2. The summed E-state index contributed by atoms with van der Waals surface area (Å²) in [5, 5.41) is 8.79. The number of halogens is 1. The molecule has 25 heavy (non-hydrogen) atoms. The highest BCUT2D eigenvalue weighted by Gasteiger charge is 2.21. The molecule has 130 valence electrons. The Morgan fingerprint density at radius 1 is 1.32 bits per heavy atom. The molecule has 1 aliphatic heterocycles. The van der Waals surface area contributed by atoms with Crippen LogP contribution < -0.4 is 16.6 Å². The zero-order chi connectivity index (χ0) is 17.4. The van der Waals surface area contributed by atoms with Gasteiger partial charge in [0, 0.05) is 25.3 Å². The van der Waals surface area contributed by atoms with Gasteiger partial charge in [0.1, 0.15) is 11.2 Å². The third kappa shape index (κ3) is 3.01. The van der Waals surface area contributed by atoms with E-state index in [-0.39, 0.29) is 28.5 Å². The molecule has 3 aromatic rings. The highest BCUT2D eigenvalue weighted by molar-refractivity contribution is 6.29. The molecule has 10 nitrogen and oxygen atoms in total. The molecule has 11 heteroatoms. The molecule has 0 atom stereocenters. The minimum absolute atomic E-state index is 0.0107. The second-order valence-corrected chi connectivity index (χ2v) is 6.02. The lowest BCUT2D eigenvalue weighted by molar-refractivity contribution is 0.0697. The summed E-state index contributed by atoms with van der Waals surface area (Å²) in [7, 11) is 0. The van der Waals surface area contributed by atoms with Gasteiger partial charge in [-0.05, 0) is 12.8 Å². The number of fused-ring (bicyclic) bond motifs is 1. The first kappa shape index (κ1) is 15.8. The molecule has 4 heterocycles. The van der Waals surface area contributed by atoms with E-state index in [1.807, 2.05) is 0 Å². The van der Waals surface area contributed by atoms with Gasteiger partial charge in [0.05, 0.1) is 6.20 Å². The average molecular weight is 364 g/mol. The van der Waals surface area contributed by atoms with Crippen LogP contribution in [0.2, 0.25) is 5.15 Å². The van der Waals surface area contributed by atoms with Gasteiger partial charge in [-0.3, -0.25) is 9.36 Å². The Kier molecular flexibility index (Phi) is 3.98. The zero-order valence-electron chi connectivity index (χ0n) is 13.0. The van der Waals surface area contributed by atoms with Crippen LogP contribution in [-0.2, 0) is 4.74 Å². The molecule has 3 aromatic heterocycles. The van der Waals surface area contributed by atoms with Gasteiger partial charge >= 0.3 is 5.69 Å². The molecule has 0 spiro atoms. The number of nitrogens with zero attached hydrogens (tertiary/aromatic N) is 4. The smallest absolute Gasteiger partial charge is 0.327 e. The van der Waals surface area contributed by atoms with Crippen molar-refractivity contribution in [2.24, 2.45) is 0 Å². The third-order valence-corrected chi connectivity index (χ3v) is 4.23. The predicted molar refractivity (Wildman–Crippen MR) is 90.4 cm³/mol. The lowest BCUT2D eigenvalue weighted by Gasteiger charge is -2.22. The number of rotatable bonds is 3. The van der Waals surface area contributed by atoms with Crippen molar-refractivity contribution < 1.29 is 4.74 Å². The van der Waals surface area contributed by atoms with Crippen molar-refractivity contribution in [1.82, 2.24) is 29.7 Å². The standard InChI is InChI=1S/C14H14ClN7O3/c15-10-5-8(12(23)21-20-10)17-13-16-6-9-11(19-13)22(14(24)18-9)7-1-3-25-4-2-7/h5-7H,1-4H2,(H,18,24)(H,21,23)(H,16,17,19,20). The SMILES string of the molecule is O=c1[nH]nc(Cl)cc1Nc1ncc2[nH]c(=O)n(C3CCOCC3)c2n1. The average Bonchev–Trinajstić information content (AvgIpc) is 2.94. The van der Waals surface area contributed by atoms with E-state index in [0.29, 0.717) is 24.4 Å². The largest absolute Gasteiger partial charge is 0.381 e. The summed E-state index contributed by atoms with van der Waals surface area (Å²) in [5.74, 6) is 0.181. The zero-order valence-corrected chi connectivity index (χ0v) is 13.7. The molecule has 1 aliphatic rings. The summed E-state index contributed by atoms with van der Waals surface area (Å²) in [5.41, 5.74) is 0.478. The van der Waals surface area contributed by atoms with Crippen LogP contribution in [0.5, 0.6) is 0 Å². The van der Waals surface area contributed by atoms with Crippen molar-refractivity contribution >= 4 is 34.4 Å². The third-order valence-electron chi connectivity index (χ3n) is 4.03. The van der Waals surface area contributed by atoms with Crippen LogP contribution in [0.1, 0.15) is 18.9 Å².